The molecule has 24 heavy (non-hydrogen) atoms. The normalized spacial score (nSPS) is 10.7. The first-order valence-corrected chi connectivity index (χ1v) is 8.42. The van der Waals surface area contributed by atoms with E-state index in [2.05, 4.69) is 15.3 Å². The minimum absolute atomic E-state index is 0.0708. The zero-order valence-electron chi connectivity index (χ0n) is 13.2. The van der Waals surface area contributed by atoms with Crippen molar-refractivity contribution in [3.63, 3.8) is 0 Å². The SMILES string of the molecule is CCOc1ccc(CC(=O)NCc2cc3c(=O)[nH]cnc3s2)cc1. The van der Waals surface area contributed by atoms with Gasteiger partial charge in [0.1, 0.15) is 10.6 Å². The standard InChI is InChI=1S/C17H17N3O3S/c1-2-23-12-5-3-11(4-6-12)7-15(21)18-9-13-8-14-16(22)19-10-20-17(14)24-13/h3-6,8,10H,2,7,9H2,1H3,(H,18,21)(H,19,20,22). The van der Waals surface area contributed by atoms with Crippen molar-refractivity contribution in [3.8, 4) is 5.75 Å². The number of nitrogens with one attached hydrogen (secondary N) is 2. The van der Waals surface area contributed by atoms with Gasteiger partial charge in [0, 0.05) is 4.88 Å². The largest absolute Gasteiger partial charge is 0.494 e. The molecule has 7 heteroatoms. The van der Waals surface area contributed by atoms with Gasteiger partial charge in [-0.05, 0) is 30.7 Å². The van der Waals surface area contributed by atoms with Crippen LogP contribution < -0.4 is 15.6 Å². The van der Waals surface area contributed by atoms with Gasteiger partial charge in [0.2, 0.25) is 5.91 Å². The lowest BCUT2D eigenvalue weighted by molar-refractivity contribution is -0.120. The minimum Gasteiger partial charge on any atom is -0.494 e. The molecule has 0 bridgehead atoms. The van der Waals surface area contributed by atoms with Gasteiger partial charge in [-0.1, -0.05) is 12.1 Å². The maximum atomic E-state index is 12.1. The Hall–Kier alpha value is -2.67. The first kappa shape index (κ1) is 16.2. The first-order valence-electron chi connectivity index (χ1n) is 7.60. The fourth-order valence-corrected chi connectivity index (χ4v) is 3.24. The quantitative estimate of drug-likeness (QED) is 0.719. The molecule has 0 aliphatic carbocycles. The maximum absolute atomic E-state index is 12.1. The van der Waals surface area contributed by atoms with E-state index < -0.39 is 0 Å². The Kier molecular flexibility index (Phi) is 4.90. The summed E-state index contributed by atoms with van der Waals surface area (Å²) in [6, 6.07) is 9.25. The Morgan fingerprint density at radius 1 is 1.33 bits per heavy atom. The summed E-state index contributed by atoms with van der Waals surface area (Å²) >= 11 is 1.40. The number of amides is 1. The molecule has 0 saturated heterocycles. The molecule has 1 aromatic carbocycles. The van der Waals surface area contributed by atoms with E-state index in [9.17, 15) is 9.59 Å². The highest BCUT2D eigenvalue weighted by molar-refractivity contribution is 7.18. The van der Waals surface area contributed by atoms with Crippen molar-refractivity contribution in [2.24, 2.45) is 0 Å². The van der Waals surface area contributed by atoms with Crippen molar-refractivity contribution in [2.45, 2.75) is 19.9 Å². The van der Waals surface area contributed by atoms with Crippen LogP contribution in [0.15, 0.2) is 41.5 Å². The molecule has 2 aromatic heterocycles. The fourth-order valence-electron chi connectivity index (χ4n) is 2.31. The molecule has 0 atom stereocenters. The van der Waals surface area contributed by atoms with E-state index in [0.29, 0.717) is 29.8 Å². The molecule has 0 aliphatic rings. The van der Waals surface area contributed by atoms with Crippen LogP contribution in [0, 0.1) is 0 Å². The van der Waals surface area contributed by atoms with Crippen molar-refractivity contribution >= 4 is 27.5 Å². The number of thiophene rings is 1. The van der Waals surface area contributed by atoms with Crippen LogP contribution in [0.25, 0.3) is 10.2 Å². The highest BCUT2D eigenvalue weighted by atomic mass is 32.1. The van der Waals surface area contributed by atoms with E-state index in [4.69, 9.17) is 4.74 Å². The molecule has 0 radical (unpaired) electrons. The van der Waals surface area contributed by atoms with Crippen LogP contribution in [0.2, 0.25) is 0 Å². The lowest BCUT2D eigenvalue weighted by Gasteiger charge is -2.06. The van der Waals surface area contributed by atoms with Crippen LogP contribution in [0.1, 0.15) is 17.4 Å². The number of H-pyrrole nitrogens is 1. The van der Waals surface area contributed by atoms with Gasteiger partial charge in [-0.15, -0.1) is 11.3 Å². The second kappa shape index (κ2) is 7.27. The molecule has 0 unspecified atom stereocenters. The van der Waals surface area contributed by atoms with Gasteiger partial charge in [0.15, 0.2) is 0 Å². The summed E-state index contributed by atoms with van der Waals surface area (Å²) < 4.78 is 5.38. The number of aromatic amines is 1. The average Bonchev–Trinajstić information content (AvgIpc) is 3.00. The number of carbonyl (C=O) groups is 1. The van der Waals surface area contributed by atoms with E-state index in [1.165, 1.54) is 17.7 Å². The van der Waals surface area contributed by atoms with Crippen molar-refractivity contribution in [3.05, 3.63) is 57.5 Å². The van der Waals surface area contributed by atoms with Gasteiger partial charge in [-0.25, -0.2) is 4.98 Å². The van der Waals surface area contributed by atoms with Crippen LogP contribution in [-0.4, -0.2) is 22.5 Å². The van der Waals surface area contributed by atoms with E-state index in [-0.39, 0.29) is 11.5 Å². The molecule has 2 heterocycles. The monoisotopic (exact) mass is 343 g/mol. The van der Waals surface area contributed by atoms with E-state index in [1.807, 2.05) is 31.2 Å². The number of carbonyl (C=O) groups excluding carboxylic acids is 1. The molecule has 3 aromatic rings. The second-order valence-electron chi connectivity index (χ2n) is 5.19. The van der Waals surface area contributed by atoms with Gasteiger partial charge >= 0.3 is 0 Å². The molecule has 3 rings (SSSR count). The molecular weight excluding hydrogens is 326 g/mol. The average molecular weight is 343 g/mol. The third-order valence-electron chi connectivity index (χ3n) is 3.44. The lowest BCUT2D eigenvalue weighted by atomic mass is 10.1. The van der Waals surface area contributed by atoms with Gasteiger partial charge in [-0.3, -0.25) is 9.59 Å². The summed E-state index contributed by atoms with van der Waals surface area (Å²) in [5.74, 6) is 0.725. The van der Waals surface area contributed by atoms with E-state index in [0.717, 1.165) is 16.2 Å². The summed E-state index contributed by atoms with van der Waals surface area (Å²) in [5.41, 5.74) is 0.758. The number of hydrogen-bond acceptors (Lipinski definition) is 5. The number of rotatable bonds is 6. The summed E-state index contributed by atoms with van der Waals surface area (Å²) in [6.07, 6.45) is 1.69. The van der Waals surface area contributed by atoms with Crippen LogP contribution in [0.4, 0.5) is 0 Å². The molecule has 0 spiro atoms. The highest BCUT2D eigenvalue weighted by Crippen LogP contribution is 2.20. The van der Waals surface area contributed by atoms with Crippen LogP contribution in [0.3, 0.4) is 0 Å². The zero-order valence-corrected chi connectivity index (χ0v) is 14.0. The third kappa shape index (κ3) is 3.80. The van der Waals surface area contributed by atoms with Crippen LogP contribution in [-0.2, 0) is 17.8 Å². The molecule has 2 N–H and O–H groups in total. The minimum atomic E-state index is -0.164. The topological polar surface area (TPSA) is 84.1 Å². The van der Waals surface area contributed by atoms with Crippen molar-refractivity contribution in [2.75, 3.05) is 6.61 Å². The molecule has 0 saturated carbocycles. The van der Waals surface area contributed by atoms with Gasteiger partial charge in [0.05, 0.1) is 31.3 Å². The summed E-state index contributed by atoms with van der Waals surface area (Å²) in [7, 11) is 0. The number of hydrogen-bond donors (Lipinski definition) is 2. The van der Waals surface area contributed by atoms with Crippen LogP contribution >= 0.6 is 11.3 Å². The Labute approximate surface area is 142 Å². The predicted octanol–water partition coefficient (Wildman–Crippen LogP) is 2.24. The van der Waals surface area contributed by atoms with Gasteiger partial charge in [-0.2, -0.15) is 0 Å². The fraction of sp³-hybridized carbons (Fsp3) is 0.235. The van der Waals surface area contributed by atoms with Crippen molar-refractivity contribution < 1.29 is 9.53 Å². The lowest BCUT2D eigenvalue weighted by Crippen LogP contribution is -2.24. The van der Waals surface area contributed by atoms with E-state index >= 15 is 0 Å². The predicted molar refractivity (Wildman–Crippen MR) is 93.4 cm³/mol. The Morgan fingerprint density at radius 2 is 2.12 bits per heavy atom. The molecule has 6 nitrogen and oxygen atoms in total. The number of nitrogens with zero attached hydrogens (tertiary/aromatic N) is 1. The Balaban J connectivity index is 1.58. The van der Waals surface area contributed by atoms with Gasteiger partial charge in [0.25, 0.3) is 5.56 Å². The molecule has 1 amide bonds. The second-order valence-corrected chi connectivity index (χ2v) is 6.31. The van der Waals surface area contributed by atoms with Crippen molar-refractivity contribution in [1.82, 2.24) is 15.3 Å². The van der Waals surface area contributed by atoms with Crippen molar-refractivity contribution in [1.29, 1.82) is 0 Å². The summed E-state index contributed by atoms with van der Waals surface area (Å²) in [6.45, 7) is 2.93. The van der Waals surface area contributed by atoms with E-state index in [1.54, 1.807) is 6.07 Å². The molecule has 0 fully saturated rings. The molecule has 0 aliphatic heterocycles. The number of aromatic nitrogens is 2. The number of fused-ring (bicyclic) bond motifs is 1. The number of ether oxygens (including phenoxy) is 1. The van der Waals surface area contributed by atoms with Gasteiger partial charge < -0.3 is 15.0 Å². The zero-order chi connectivity index (χ0) is 16.9. The number of benzene rings is 1. The summed E-state index contributed by atoms with van der Waals surface area (Å²) in [5, 5.41) is 3.42. The molecular formula is C17H17N3O3S. The molecule has 124 valence electrons. The smallest absolute Gasteiger partial charge is 0.259 e. The summed E-state index contributed by atoms with van der Waals surface area (Å²) in [4.78, 5) is 31.9. The Bertz CT molecular complexity index is 899. The highest BCUT2D eigenvalue weighted by Gasteiger charge is 2.08. The first-order chi connectivity index (χ1) is 11.7. The van der Waals surface area contributed by atoms with Crippen LogP contribution in [0.5, 0.6) is 5.75 Å². The maximum Gasteiger partial charge on any atom is 0.259 e. The third-order valence-corrected chi connectivity index (χ3v) is 4.49. The Morgan fingerprint density at radius 3 is 2.83 bits per heavy atom.